The summed E-state index contributed by atoms with van der Waals surface area (Å²) < 4.78 is 18.2. The molecule has 0 atom stereocenters. The van der Waals surface area contributed by atoms with Crippen LogP contribution in [0.15, 0.2) is 41.0 Å². The zero-order chi connectivity index (χ0) is 12.5. The number of halogens is 1. The van der Waals surface area contributed by atoms with E-state index in [1.807, 2.05) is 0 Å². The van der Waals surface area contributed by atoms with E-state index in [4.69, 9.17) is 5.73 Å². The Hall–Kier alpha value is -2.63. The molecule has 0 saturated heterocycles. The summed E-state index contributed by atoms with van der Waals surface area (Å²) in [7, 11) is 0. The van der Waals surface area contributed by atoms with Crippen LogP contribution in [0.1, 0.15) is 0 Å². The topological polar surface area (TPSA) is 77.0 Å². The molecular weight excluding hydrogens is 235 g/mol. The average Bonchev–Trinajstić information content (AvgIpc) is 2.85. The van der Waals surface area contributed by atoms with Gasteiger partial charge in [-0.25, -0.2) is 9.02 Å². The van der Waals surface area contributed by atoms with Gasteiger partial charge in [0.1, 0.15) is 5.82 Å². The van der Waals surface area contributed by atoms with Crippen LogP contribution in [-0.2, 0) is 0 Å². The van der Waals surface area contributed by atoms with Gasteiger partial charge in [-0.1, -0.05) is 12.1 Å². The molecule has 6 heteroatoms. The van der Waals surface area contributed by atoms with Gasteiger partial charge in [-0.3, -0.25) is 0 Å². The third-order valence-electron chi connectivity index (χ3n) is 2.59. The van der Waals surface area contributed by atoms with Crippen molar-refractivity contribution in [1.82, 2.24) is 10.3 Å². The second kappa shape index (κ2) is 3.99. The lowest BCUT2D eigenvalue weighted by Crippen LogP contribution is -1.96. The van der Waals surface area contributed by atoms with Crippen molar-refractivity contribution >= 4 is 28.1 Å². The van der Waals surface area contributed by atoms with Crippen molar-refractivity contribution in [3.63, 3.8) is 0 Å². The van der Waals surface area contributed by atoms with E-state index in [-0.39, 0.29) is 5.82 Å². The van der Waals surface area contributed by atoms with Gasteiger partial charge in [0.15, 0.2) is 11.0 Å². The molecule has 0 amide bonds. The fraction of sp³-hybridized carbons (Fsp3) is 0. The quantitative estimate of drug-likeness (QED) is 0.678. The van der Waals surface area contributed by atoms with Crippen LogP contribution in [0.3, 0.4) is 0 Å². The molecule has 5 nitrogen and oxygen atoms in total. The van der Waals surface area contributed by atoms with Crippen LogP contribution in [0.2, 0.25) is 0 Å². The predicted octanol–water partition coefficient (Wildman–Crippen LogP) is 2.69. The van der Waals surface area contributed by atoms with Crippen molar-refractivity contribution in [3.05, 3.63) is 42.2 Å². The van der Waals surface area contributed by atoms with Crippen molar-refractivity contribution in [3.8, 4) is 0 Å². The molecule has 0 unspecified atom stereocenters. The van der Waals surface area contributed by atoms with Crippen molar-refractivity contribution < 1.29 is 9.02 Å². The first kappa shape index (κ1) is 10.5. The summed E-state index contributed by atoms with van der Waals surface area (Å²) in [5.41, 5.74) is 8.06. The van der Waals surface area contributed by atoms with Gasteiger partial charge in [0.05, 0.1) is 17.1 Å². The van der Waals surface area contributed by atoms with Gasteiger partial charge in [-0.2, -0.15) is 0 Å². The fourth-order valence-electron chi connectivity index (χ4n) is 1.69. The van der Waals surface area contributed by atoms with Gasteiger partial charge < -0.3 is 11.1 Å². The van der Waals surface area contributed by atoms with Gasteiger partial charge in [0.2, 0.25) is 0 Å². The summed E-state index contributed by atoms with van der Waals surface area (Å²) in [5, 5.41) is 10.4. The molecule has 1 heterocycles. The van der Waals surface area contributed by atoms with Crippen molar-refractivity contribution in [2.24, 2.45) is 0 Å². The van der Waals surface area contributed by atoms with Crippen LogP contribution >= 0.6 is 0 Å². The number of para-hydroxylation sites is 1. The Morgan fingerprint density at radius 2 is 1.78 bits per heavy atom. The normalized spacial score (nSPS) is 10.7. The standard InChI is InChI=1S/C12H9FN4O/c13-7-3-1-2-4-9(7)15-10-6-5-8(14)11-12(10)17-18-16-11/h1-6,15H,14H2. The summed E-state index contributed by atoms with van der Waals surface area (Å²) >= 11 is 0. The van der Waals surface area contributed by atoms with E-state index < -0.39 is 0 Å². The lowest BCUT2D eigenvalue weighted by atomic mass is 10.2. The molecule has 0 aliphatic heterocycles. The Bertz CT molecular complexity index is 710. The highest BCUT2D eigenvalue weighted by atomic mass is 19.1. The van der Waals surface area contributed by atoms with Crippen LogP contribution in [0, 0.1) is 5.82 Å². The molecule has 1 aromatic heterocycles. The van der Waals surface area contributed by atoms with Crippen LogP contribution in [0.5, 0.6) is 0 Å². The van der Waals surface area contributed by atoms with Crippen molar-refractivity contribution in [2.45, 2.75) is 0 Å². The van der Waals surface area contributed by atoms with Gasteiger partial charge in [0, 0.05) is 0 Å². The summed E-state index contributed by atoms with van der Waals surface area (Å²) in [5.74, 6) is -0.348. The number of hydrogen-bond donors (Lipinski definition) is 2. The number of nitrogens with two attached hydrogens (primary N) is 1. The largest absolute Gasteiger partial charge is 0.397 e. The Kier molecular flexibility index (Phi) is 2.33. The second-order valence-corrected chi connectivity index (χ2v) is 3.77. The molecular formula is C12H9FN4O. The molecule has 0 radical (unpaired) electrons. The first-order valence-electron chi connectivity index (χ1n) is 5.28. The molecule has 0 bridgehead atoms. The summed E-state index contributed by atoms with van der Waals surface area (Å²) in [6.07, 6.45) is 0. The highest BCUT2D eigenvalue weighted by Gasteiger charge is 2.11. The van der Waals surface area contributed by atoms with Crippen LogP contribution in [-0.4, -0.2) is 10.3 Å². The van der Waals surface area contributed by atoms with E-state index in [2.05, 4.69) is 20.3 Å². The number of rotatable bonds is 2. The number of fused-ring (bicyclic) bond motifs is 1. The predicted molar refractivity (Wildman–Crippen MR) is 65.9 cm³/mol. The first-order chi connectivity index (χ1) is 8.75. The fourth-order valence-corrected chi connectivity index (χ4v) is 1.69. The lowest BCUT2D eigenvalue weighted by molar-refractivity contribution is 0.316. The highest BCUT2D eigenvalue weighted by molar-refractivity contribution is 5.96. The van der Waals surface area contributed by atoms with Gasteiger partial charge in [-0.05, 0) is 34.6 Å². The third kappa shape index (κ3) is 1.64. The molecule has 3 aromatic rings. The number of nitrogen functional groups attached to an aromatic ring is 1. The number of benzene rings is 2. The Morgan fingerprint density at radius 3 is 2.61 bits per heavy atom. The van der Waals surface area contributed by atoms with E-state index in [1.165, 1.54) is 6.07 Å². The second-order valence-electron chi connectivity index (χ2n) is 3.77. The van der Waals surface area contributed by atoms with Crippen LogP contribution in [0.25, 0.3) is 11.0 Å². The maximum absolute atomic E-state index is 13.5. The van der Waals surface area contributed by atoms with E-state index in [0.29, 0.717) is 28.1 Å². The lowest BCUT2D eigenvalue weighted by Gasteiger charge is -2.07. The molecule has 0 aliphatic carbocycles. The van der Waals surface area contributed by atoms with Crippen molar-refractivity contribution in [2.75, 3.05) is 11.1 Å². The van der Waals surface area contributed by atoms with E-state index in [9.17, 15) is 4.39 Å². The smallest absolute Gasteiger partial charge is 0.160 e. The molecule has 0 aliphatic rings. The van der Waals surface area contributed by atoms with E-state index >= 15 is 0 Å². The summed E-state index contributed by atoms with van der Waals surface area (Å²) in [6, 6.07) is 9.73. The monoisotopic (exact) mass is 244 g/mol. The molecule has 3 rings (SSSR count). The van der Waals surface area contributed by atoms with E-state index in [1.54, 1.807) is 30.3 Å². The summed E-state index contributed by atoms with van der Waals surface area (Å²) in [4.78, 5) is 0. The van der Waals surface area contributed by atoms with Gasteiger partial charge in [0.25, 0.3) is 0 Å². The molecule has 2 aromatic carbocycles. The average molecular weight is 244 g/mol. The van der Waals surface area contributed by atoms with Crippen LogP contribution in [0.4, 0.5) is 21.5 Å². The maximum atomic E-state index is 13.5. The maximum Gasteiger partial charge on any atom is 0.160 e. The minimum Gasteiger partial charge on any atom is -0.397 e. The van der Waals surface area contributed by atoms with Crippen LogP contribution < -0.4 is 11.1 Å². The molecule has 0 fully saturated rings. The molecule has 0 spiro atoms. The molecule has 3 N–H and O–H groups in total. The SMILES string of the molecule is Nc1ccc(Nc2ccccc2F)c2nonc12. The van der Waals surface area contributed by atoms with Gasteiger partial charge >= 0.3 is 0 Å². The molecule has 18 heavy (non-hydrogen) atoms. The number of nitrogens with zero attached hydrogens (tertiary/aromatic N) is 2. The number of anilines is 3. The zero-order valence-electron chi connectivity index (χ0n) is 9.22. The first-order valence-corrected chi connectivity index (χ1v) is 5.28. The minimum atomic E-state index is -0.348. The van der Waals surface area contributed by atoms with E-state index in [0.717, 1.165) is 0 Å². The molecule has 90 valence electrons. The number of hydrogen-bond acceptors (Lipinski definition) is 5. The minimum absolute atomic E-state index is 0.348. The molecule has 0 saturated carbocycles. The van der Waals surface area contributed by atoms with Crippen molar-refractivity contribution in [1.29, 1.82) is 0 Å². The zero-order valence-corrected chi connectivity index (χ0v) is 9.22. The highest BCUT2D eigenvalue weighted by Crippen LogP contribution is 2.28. The Balaban J connectivity index is 2.08. The summed E-state index contributed by atoms with van der Waals surface area (Å²) in [6.45, 7) is 0. The number of aromatic nitrogens is 2. The Labute approximate surface area is 101 Å². The third-order valence-corrected chi connectivity index (χ3v) is 2.59. The number of nitrogens with one attached hydrogen (secondary N) is 1. The van der Waals surface area contributed by atoms with Gasteiger partial charge in [-0.15, -0.1) is 0 Å². The Morgan fingerprint density at radius 1 is 1.00 bits per heavy atom.